The SMILES string of the molecule is COc1ccc(OC)c(NC(=O)CC(=O)Nc2cccc(Cl)c2C)c1. The molecule has 2 rings (SSSR count). The minimum atomic E-state index is -0.469. The molecule has 132 valence electrons. The van der Waals surface area contributed by atoms with Gasteiger partial charge < -0.3 is 20.1 Å². The fourth-order valence-electron chi connectivity index (χ4n) is 2.19. The van der Waals surface area contributed by atoms with Gasteiger partial charge in [0.15, 0.2) is 0 Å². The minimum Gasteiger partial charge on any atom is -0.497 e. The number of hydrogen-bond acceptors (Lipinski definition) is 4. The quantitative estimate of drug-likeness (QED) is 0.769. The molecule has 0 heterocycles. The molecule has 0 bridgehead atoms. The molecule has 0 saturated heterocycles. The molecule has 0 radical (unpaired) electrons. The number of ether oxygens (including phenoxy) is 2. The molecular weight excluding hydrogens is 344 g/mol. The highest BCUT2D eigenvalue weighted by Gasteiger charge is 2.14. The monoisotopic (exact) mass is 362 g/mol. The second kappa shape index (κ2) is 8.39. The number of benzene rings is 2. The lowest BCUT2D eigenvalue weighted by Crippen LogP contribution is -2.22. The van der Waals surface area contributed by atoms with Crippen LogP contribution < -0.4 is 20.1 Å². The third-order valence-corrected chi connectivity index (χ3v) is 3.95. The van der Waals surface area contributed by atoms with Crippen molar-refractivity contribution in [2.45, 2.75) is 13.3 Å². The van der Waals surface area contributed by atoms with E-state index in [9.17, 15) is 9.59 Å². The Morgan fingerprint density at radius 1 is 1.00 bits per heavy atom. The van der Waals surface area contributed by atoms with Crippen molar-refractivity contribution >= 4 is 34.8 Å². The molecule has 0 unspecified atom stereocenters. The lowest BCUT2D eigenvalue weighted by atomic mass is 10.2. The van der Waals surface area contributed by atoms with E-state index < -0.39 is 11.8 Å². The highest BCUT2D eigenvalue weighted by atomic mass is 35.5. The van der Waals surface area contributed by atoms with E-state index in [0.717, 1.165) is 5.56 Å². The molecule has 7 heteroatoms. The van der Waals surface area contributed by atoms with Crippen LogP contribution in [0.2, 0.25) is 5.02 Å². The molecule has 0 aliphatic carbocycles. The van der Waals surface area contributed by atoms with Gasteiger partial charge in [-0.05, 0) is 36.8 Å². The second-order valence-electron chi connectivity index (χ2n) is 5.25. The van der Waals surface area contributed by atoms with Crippen LogP contribution in [0.5, 0.6) is 11.5 Å². The molecule has 0 atom stereocenters. The molecule has 0 aliphatic heterocycles. The van der Waals surface area contributed by atoms with Gasteiger partial charge in [-0.2, -0.15) is 0 Å². The number of rotatable bonds is 6. The Hall–Kier alpha value is -2.73. The maximum Gasteiger partial charge on any atom is 0.233 e. The van der Waals surface area contributed by atoms with Crippen LogP contribution in [0, 0.1) is 6.92 Å². The summed E-state index contributed by atoms with van der Waals surface area (Å²) in [5.41, 5.74) is 1.75. The first-order chi connectivity index (χ1) is 11.9. The van der Waals surface area contributed by atoms with E-state index >= 15 is 0 Å². The average molecular weight is 363 g/mol. The summed E-state index contributed by atoms with van der Waals surface area (Å²) in [5.74, 6) is 0.129. The summed E-state index contributed by atoms with van der Waals surface area (Å²) in [6.07, 6.45) is -0.341. The van der Waals surface area contributed by atoms with Crippen molar-refractivity contribution in [3.8, 4) is 11.5 Å². The summed E-state index contributed by atoms with van der Waals surface area (Å²) < 4.78 is 10.3. The van der Waals surface area contributed by atoms with Crippen molar-refractivity contribution < 1.29 is 19.1 Å². The number of halogens is 1. The Morgan fingerprint density at radius 3 is 2.32 bits per heavy atom. The van der Waals surface area contributed by atoms with E-state index in [1.165, 1.54) is 14.2 Å². The van der Waals surface area contributed by atoms with Crippen LogP contribution in [0.15, 0.2) is 36.4 Å². The maximum absolute atomic E-state index is 12.1. The zero-order chi connectivity index (χ0) is 18.4. The lowest BCUT2D eigenvalue weighted by molar-refractivity contribution is -0.123. The first kappa shape index (κ1) is 18.6. The third-order valence-electron chi connectivity index (χ3n) is 3.54. The predicted molar refractivity (Wildman–Crippen MR) is 97.6 cm³/mol. The number of nitrogens with one attached hydrogen (secondary N) is 2. The number of amides is 2. The summed E-state index contributed by atoms with van der Waals surface area (Å²) in [7, 11) is 3.01. The molecule has 6 nitrogen and oxygen atoms in total. The van der Waals surface area contributed by atoms with Crippen molar-refractivity contribution in [3.05, 3.63) is 47.0 Å². The number of anilines is 2. The normalized spacial score (nSPS) is 10.1. The van der Waals surface area contributed by atoms with E-state index in [2.05, 4.69) is 10.6 Å². The molecule has 0 spiro atoms. The van der Waals surface area contributed by atoms with Gasteiger partial charge >= 0.3 is 0 Å². The van der Waals surface area contributed by atoms with Gasteiger partial charge in [0.2, 0.25) is 11.8 Å². The van der Waals surface area contributed by atoms with Crippen molar-refractivity contribution in [3.63, 3.8) is 0 Å². The zero-order valence-corrected chi connectivity index (χ0v) is 14.9. The lowest BCUT2D eigenvalue weighted by Gasteiger charge is -2.12. The van der Waals surface area contributed by atoms with Gasteiger partial charge in [-0.1, -0.05) is 17.7 Å². The van der Waals surface area contributed by atoms with Gasteiger partial charge in [0, 0.05) is 16.8 Å². The smallest absolute Gasteiger partial charge is 0.233 e. The van der Waals surface area contributed by atoms with Crippen LogP contribution in [0.4, 0.5) is 11.4 Å². The predicted octanol–water partition coefficient (Wildman–Crippen LogP) is 3.63. The van der Waals surface area contributed by atoms with Crippen LogP contribution in [0.3, 0.4) is 0 Å². The molecule has 25 heavy (non-hydrogen) atoms. The molecule has 2 N–H and O–H groups in total. The van der Waals surface area contributed by atoms with E-state index in [-0.39, 0.29) is 6.42 Å². The summed E-state index contributed by atoms with van der Waals surface area (Å²) in [6.45, 7) is 1.79. The van der Waals surface area contributed by atoms with E-state index in [0.29, 0.717) is 27.9 Å². The van der Waals surface area contributed by atoms with E-state index in [1.807, 2.05) is 0 Å². The number of hydrogen-bond donors (Lipinski definition) is 2. The van der Waals surface area contributed by atoms with E-state index in [1.54, 1.807) is 43.3 Å². The molecular formula is C18H19ClN2O4. The van der Waals surface area contributed by atoms with Crippen LogP contribution in [-0.4, -0.2) is 26.0 Å². The van der Waals surface area contributed by atoms with Crippen molar-refractivity contribution in [2.24, 2.45) is 0 Å². The van der Waals surface area contributed by atoms with Crippen LogP contribution >= 0.6 is 11.6 Å². The largest absolute Gasteiger partial charge is 0.497 e. The van der Waals surface area contributed by atoms with Crippen LogP contribution in [0.1, 0.15) is 12.0 Å². The average Bonchev–Trinajstić information content (AvgIpc) is 2.58. The van der Waals surface area contributed by atoms with E-state index in [4.69, 9.17) is 21.1 Å². The van der Waals surface area contributed by atoms with Gasteiger partial charge in [-0.3, -0.25) is 9.59 Å². The second-order valence-corrected chi connectivity index (χ2v) is 5.66. The zero-order valence-electron chi connectivity index (χ0n) is 14.2. The van der Waals surface area contributed by atoms with Gasteiger partial charge in [0.25, 0.3) is 0 Å². The van der Waals surface area contributed by atoms with Crippen LogP contribution in [0.25, 0.3) is 0 Å². The Balaban J connectivity index is 2.02. The molecule has 0 aromatic heterocycles. The number of carbonyl (C=O) groups excluding carboxylic acids is 2. The van der Waals surface area contributed by atoms with Crippen molar-refractivity contribution in [1.82, 2.24) is 0 Å². The topological polar surface area (TPSA) is 76.7 Å². The number of carbonyl (C=O) groups is 2. The minimum absolute atomic E-state index is 0.341. The standard InChI is InChI=1S/C18H19ClN2O4/c1-11-13(19)5-4-6-14(11)20-17(22)10-18(23)21-15-9-12(24-2)7-8-16(15)25-3/h4-9H,10H2,1-3H3,(H,20,22)(H,21,23). The van der Waals surface area contributed by atoms with Gasteiger partial charge in [0.1, 0.15) is 17.9 Å². The highest BCUT2D eigenvalue weighted by Crippen LogP contribution is 2.29. The molecule has 0 fully saturated rings. The first-order valence-electron chi connectivity index (χ1n) is 7.51. The third kappa shape index (κ3) is 4.87. The maximum atomic E-state index is 12.1. The Labute approximate surface area is 151 Å². The summed E-state index contributed by atoms with van der Waals surface area (Å²) >= 11 is 6.02. The van der Waals surface area contributed by atoms with Crippen LogP contribution in [-0.2, 0) is 9.59 Å². The highest BCUT2D eigenvalue weighted by molar-refractivity contribution is 6.31. The summed E-state index contributed by atoms with van der Waals surface area (Å²) in [5, 5.41) is 5.87. The van der Waals surface area contributed by atoms with Gasteiger partial charge in [-0.25, -0.2) is 0 Å². The Kier molecular flexibility index (Phi) is 6.25. The molecule has 2 aromatic rings. The number of methoxy groups -OCH3 is 2. The fourth-order valence-corrected chi connectivity index (χ4v) is 2.36. The molecule has 0 aliphatic rings. The van der Waals surface area contributed by atoms with Crippen molar-refractivity contribution in [2.75, 3.05) is 24.9 Å². The summed E-state index contributed by atoms with van der Waals surface area (Å²) in [4.78, 5) is 24.2. The Morgan fingerprint density at radius 2 is 1.68 bits per heavy atom. The van der Waals surface area contributed by atoms with Crippen molar-refractivity contribution in [1.29, 1.82) is 0 Å². The summed E-state index contributed by atoms with van der Waals surface area (Å²) in [6, 6.07) is 10.2. The van der Waals surface area contributed by atoms with Gasteiger partial charge in [0.05, 0.1) is 19.9 Å². The molecule has 0 saturated carbocycles. The van der Waals surface area contributed by atoms with Gasteiger partial charge in [-0.15, -0.1) is 0 Å². The fraction of sp³-hybridized carbons (Fsp3) is 0.222. The first-order valence-corrected chi connectivity index (χ1v) is 7.89. The Bertz CT molecular complexity index is 793. The molecule has 2 aromatic carbocycles. The molecule has 2 amide bonds.